The van der Waals surface area contributed by atoms with Gasteiger partial charge in [0, 0.05) is 15.7 Å². The zero-order chi connectivity index (χ0) is 14.1. The topological polar surface area (TPSA) is 69.6 Å². The fourth-order valence-electron chi connectivity index (χ4n) is 1.81. The van der Waals surface area contributed by atoms with E-state index in [0.29, 0.717) is 22.2 Å². The van der Waals surface area contributed by atoms with E-state index in [1.54, 1.807) is 22.9 Å². The van der Waals surface area contributed by atoms with Crippen LogP contribution in [0.2, 0.25) is 5.02 Å². The van der Waals surface area contributed by atoms with Crippen molar-refractivity contribution >= 4 is 33.2 Å². The molecule has 0 aliphatic heterocycles. The second-order valence-corrected chi connectivity index (χ2v) is 5.45. The van der Waals surface area contributed by atoms with Crippen molar-refractivity contribution in [3.63, 3.8) is 0 Å². The molecule has 0 saturated carbocycles. The summed E-state index contributed by atoms with van der Waals surface area (Å²) in [4.78, 5) is 0. The van der Waals surface area contributed by atoms with E-state index in [1.165, 1.54) is 0 Å². The minimum absolute atomic E-state index is 0.559. The molecule has 3 rings (SSSR count). The Bertz CT molecular complexity index is 754. The number of nitrogen functional groups attached to an aromatic ring is 1. The molecule has 7 heteroatoms. The molecule has 0 fully saturated rings. The van der Waals surface area contributed by atoms with Crippen molar-refractivity contribution in [3.8, 4) is 17.1 Å². The quantitative estimate of drug-likeness (QED) is 0.720. The van der Waals surface area contributed by atoms with E-state index in [4.69, 9.17) is 17.3 Å². The molecule has 0 radical (unpaired) electrons. The average molecular weight is 351 g/mol. The highest BCUT2D eigenvalue weighted by Crippen LogP contribution is 2.27. The summed E-state index contributed by atoms with van der Waals surface area (Å²) in [5, 5.41) is 12.3. The number of rotatable bonds is 2. The van der Waals surface area contributed by atoms with Crippen molar-refractivity contribution in [1.82, 2.24) is 20.2 Å². The smallest absolute Gasteiger partial charge is 0.187 e. The van der Waals surface area contributed by atoms with Gasteiger partial charge in [0.2, 0.25) is 0 Å². The van der Waals surface area contributed by atoms with Gasteiger partial charge in [-0.1, -0.05) is 27.5 Å². The first kappa shape index (κ1) is 13.1. The van der Waals surface area contributed by atoms with E-state index in [-0.39, 0.29) is 0 Å². The zero-order valence-corrected chi connectivity index (χ0v) is 12.5. The van der Waals surface area contributed by atoms with Crippen LogP contribution in [-0.4, -0.2) is 20.2 Å². The standard InChI is InChI=1S/C13H9BrClN5/c14-9-3-6-12(11(15)7-9)20-13(17-18-19-20)8-1-4-10(16)5-2-8/h1-7H,16H2. The highest BCUT2D eigenvalue weighted by Gasteiger charge is 2.13. The van der Waals surface area contributed by atoms with Gasteiger partial charge in [-0.15, -0.1) is 5.10 Å². The number of halogens is 2. The molecule has 20 heavy (non-hydrogen) atoms. The third-order valence-corrected chi connectivity index (χ3v) is 3.57. The van der Waals surface area contributed by atoms with Gasteiger partial charge in [0.15, 0.2) is 5.82 Å². The minimum atomic E-state index is 0.559. The Kier molecular flexibility index (Phi) is 3.42. The molecule has 2 aromatic carbocycles. The van der Waals surface area contributed by atoms with Crippen molar-refractivity contribution in [3.05, 3.63) is 52.0 Å². The Morgan fingerprint density at radius 1 is 1.10 bits per heavy atom. The number of benzene rings is 2. The summed E-state index contributed by atoms with van der Waals surface area (Å²) in [5.74, 6) is 0.606. The first-order valence-corrected chi connectivity index (χ1v) is 6.92. The molecule has 0 aliphatic carbocycles. The second-order valence-electron chi connectivity index (χ2n) is 4.13. The Morgan fingerprint density at radius 2 is 1.85 bits per heavy atom. The second kappa shape index (κ2) is 5.22. The van der Waals surface area contributed by atoms with Crippen LogP contribution in [0.4, 0.5) is 5.69 Å². The Morgan fingerprint density at radius 3 is 2.55 bits per heavy atom. The summed E-state index contributed by atoms with van der Waals surface area (Å²) in [7, 11) is 0. The zero-order valence-electron chi connectivity index (χ0n) is 10.2. The lowest BCUT2D eigenvalue weighted by atomic mass is 10.2. The van der Waals surface area contributed by atoms with Crippen LogP contribution in [0.15, 0.2) is 46.9 Å². The molecule has 0 unspecified atom stereocenters. The lowest BCUT2D eigenvalue weighted by molar-refractivity contribution is 0.791. The summed E-state index contributed by atoms with van der Waals surface area (Å²) in [6, 6.07) is 12.9. The predicted molar refractivity (Wildman–Crippen MR) is 81.7 cm³/mol. The SMILES string of the molecule is Nc1ccc(-c2nnnn2-c2ccc(Br)cc2Cl)cc1. The van der Waals surface area contributed by atoms with E-state index in [0.717, 1.165) is 10.0 Å². The monoisotopic (exact) mass is 349 g/mol. The predicted octanol–water partition coefficient (Wildman–Crippen LogP) is 3.33. The van der Waals surface area contributed by atoms with Crippen molar-refractivity contribution in [2.75, 3.05) is 5.73 Å². The number of anilines is 1. The summed E-state index contributed by atoms with van der Waals surface area (Å²) < 4.78 is 2.49. The molecular weight excluding hydrogens is 342 g/mol. The highest BCUT2D eigenvalue weighted by atomic mass is 79.9. The molecule has 0 amide bonds. The first-order chi connectivity index (χ1) is 9.65. The van der Waals surface area contributed by atoms with Gasteiger partial charge < -0.3 is 5.73 Å². The van der Waals surface area contributed by atoms with E-state index in [2.05, 4.69) is 31.5 Å². The Balaban J connectivity index is 2.12. The van der Waals surface area contributed by atoms with Crippen molar-refractivity contribution < 1.29 is 0 Å². The third-order valence-electron chi connectivity index (χ3n) is 2.78. The molecule has 2 N–H and O–H groups in total. The van der Waals surface area contributed by atoms with Crippen LogP contribution < -0.4 is 5.73 Å². The molecule has 0 atom stereocenters. The first-order valence-electron chi connectivity index (χ1n) is 5.75. The van der Waals surface area contributed by atoms with Gasteiger partial charge in [-0.25, -0.2) is 0 Å². The van der Waals surface area contributed by atoms with Crippen LogP contribution in [0.3, 0.4) is 0 Å². The van der Waals surface area contributed by atoms with Crippen LogP contribution in [0.1, 0.15) is 0 Å². The molecular formula is C13H9BrClN5. The molecule has 0 spiro atoms. The van der Waals surface area contributed by atoms with Gasteiger partial charge in [-0.3, -0.25) is 0 Å². The molecule has 0 aliphatic rings. The van der Waals surface area contributed by atoms with Crippen LogP contribution in [0, 0.1) is 0 Å². The maximum atomic E-state index is 6.24. The third kappa shape index (κ3) is 2.39. The van der Waals surface area contributed by atoms with Gasteiger partial charge >= 0.3 is 0 Å². The maximum Gasteiger partial charge on any atom is 0.187 e. The summed E-state index contributed by atoms with van der Waals surface area (Å²) in [6.07, 6.45) is 0. The molecule has 100 valence electrons. The number of hydrogen-bond donors (Lipinski definition) is 1. The molecule has 5 nitrogen and oxygen atoms in total. The van der Waals surface area contributed by atoms with Gasteiger partial charge in [0.05, 0.1) is 10.7 Å². The minimum Gasteiger partial charge on any atom is -0.399 e. The fourth-order valence-corrected chi connectivity index (χ4v) is 2.57. The van der Waals surface area contributed by atoms with Crippen molar-refractivity contribution in [1.29, 1.82) is 0 Å². The highest BCUT2D eigenvalue weighted by molar-refractivity contribution is 9.10. The Labute approximate surface area is 128 Å². The lowest BCUT2D eigenvalue weighted by Gasteiger charge is -2.07. The largest absolute Gasteiger partial charge is 0.399 e. The van der Waals surface area contributed by atoms with E-state index >= 15 is 0 Å². The summed E-state index contributed by atoms with van der Waals surface area (Å²) in [6.45, 7) is 0. The number of nitrogens with zero attached hydrogens (tertiary/aromatic N) is 4. The summed E-state index contributed by atoms with van der Waals surface area (Å²) >= 11 is 9.61. The van der Waals surface area contributed by atoms with Gasteiger partial charge in [0.1, 0.15) is 0 Å². The number of nitrogens with two attached hydrogens (primary N) is 1. The average Bonchev–Trinajstić information content (AvgIpc) is 2.88. The molecule has 0 saturated heterocycles. The Hall–Kier alpha value is -1.92. The molecule has 0 bridgehead atoms. The van der Waals surface area contributed by atoms with Crippen LogP contribution in [-0.2, 0) is 0 Å². The fraction of sp³-hybridized carbons (Fsp3) is 0. The number of tetrazole rings is 1. The van der Waals surface area contributed by atoms with Gasteiger partial charge in [-0.2, -0.15) is 4.68 Å². The molecule has 1 aromatic heterocycles. The van der Waals surface area contributed by atoms with Crippen LogP contribution in [0.5, 0.6) is 0 Å². The molecule has 3 aromatic rings. The van der Waals surface area contributed by atoms with Crippen molar-refractivity contribution in [2.24, 2.45) is 0 Å². The van der Waals surface area contributed by atoms with Gasteiger partial charge in [-0.05, 0) is 52.9 Å². The van der Waals surface area contributed by atoms with Crippen LogP contribution >= 0.6 is 27.5 Å². The lowest BCUT2D eigenvalue weighted by Crippen LogP contribution is -2.00. The van der Waals surface area contributed by atoms with E-state index < -0.39 is 0 Å². The van der Waals surface area contributed by atoms with Crippen molar-refractivity contribution in [2.45, 2.75) is 0 Å². The maximum absolute atomic E-state index is 6.24. The van der Waals surface area contributed by atoms with Crippen LogP contribution in [0.25, 0.3) is 17.1 Å². The number of aromatic nitrogens is 4. The van der Waals surface area contributed by atoms with E-state index in [9.17, 15) is 0 Å². The number of hydrogen-bond acceptors (Lipinski definition) is 4. The van der Waals surface area contributed by atoms with E-state index in [1.807, 2.05) is 24.3 Å². The normalized spacial score (nSPS) is 10.7. The van der Waals surface area contributed by atoms with Gasteiger partial charge in [0.25, 0.3) is 0 Å². The molecule has 1 heterocycles. The summed E-state index contributed by atoms with van der Waals surface area (Å²) in [5.41, 5.74) is 7.95.